The minimum atomic E-state index is -1.69. The predicted molar refractivity (Wildman–Crippen MR) is 80.4 cm³/mol. The zero-order chi connectivity index (χ0) is 17.0. The Kier molecular flexibility index (Phi) is 6.01. The summed E-state index contributed by atoms with van der Waals surface area (Å²) in [5, 5.41) is 9.83. The van der Waals surface area contributed by atoms with Crippen molar-refractivity contribution in [1.82, 2.24) is 0 Å². The normalized spacial score (nSPS) is 13.7. The van der Waals surface area contributed by atoms with Crippen LogP contribution in [0, 0.1) is 17.5 Å². The molecule has 2 aromatic rings. The monoisotopic (exact) mass is 392 g/mol. The van der Waals surface area contributed by atoms with Gasteiger partial charge in [-0.1, -0.05) is 28.1 Å². The lowest BCUT2D eigenvalue weighted by Gasteiger charge is -2.16. The number of ether oxygens (including phenoxy) is 1. The minimum Gasteiger partial charge on any atom is -0.490 e. The third kappa shape index (κ3) is 4.68. The zero-order valence-electron chi connectivity index (χ0n) is 11.8. The second-order valence-electron chi connectivity index (χ2n) is 4.85. The average molecular weight is 393 g/mol. The van der Waals surface area contributed by atoms with E-state index in [1.807, 2.05) is 0 Å². The highest BCUT2D eigenvalue weighted by atomic mass is 79.9. The van der Waals surface area contributed by atoms with Crippen molar-refractivity contribution in [1.29, 1.82) is 0 Å². The van der Waals surface area contributed by atoms with Gasteiger partial charge in [-0.05, 0) is 29.8 Å². The van der Waals surface area contributed by atoms with E-state index in [9.17, 15) is 22.7 Å². The smallest absolute Gasteiger partial charge is 0.200 e. The van der Waals surface area contributed by atoms with Crippen LogP contribution in [-0.4, -0.2) is 17.9 Å². The van der Waals surface area contributed by atoms with Crippen molar-refractivity contribution in [3.63, 3.8) is 0 Å². The van der Waals surface area contributed by atoms with Crippen LogP contribution in [0.5, 0.6) is 5.75 Å². The molecule has 0 aliphatic carbocycles. The molecule has 2 atom stereocenters. The molecule has 124 valence electrons. The van der Waals surface area contributed by atoms with E-state index in [-0.39, 0.29) is 28.8 Å². The molecule has 0 bridgehead atoms. The van der Waals surface area contributed by atoms with Crippen LogP contribution in [0.4, 0.5) is 17.6 Å². The highest BCUT2D eigenvalue weighted by molar-refractivity contribution is 9.10. The molecule has 0 aromatic heterocycles. The Bertz CT molecular complexity index is 664. The molecule has 2 rings (SSSR count). The molecule has 0 fully saturated rings. The van der Waals surface area contributed by atoms with Crippen LogP contribution in [0.25, 0.3) is 0 Å². The molecule has 0 heterocycles. The van der Waals surface area contributed by atoms with Crippen LogP contribution in [-0.2, 0) is 0 Å². The molecule has 0 saturated carbocycles. The van der Waals surface area contributed by atoms with Crippen molar-refractivity contribution in [2.75, 3.05) is 6.61 Å². The standard InChI is InChI=1S/C16H13BrF4O2/c17-10-7-13(20)15(21)14(8-10)23-6-5-12(19)16(22)9-1-3-11(18)4-2-9/h1-4,7-8,12,16,22H,5-6H2. The van der Waals surface area contributed by atoms with Gasteiger partial charge >= 0.3 is 0 Å². The number of halogens is 5. The van der Waals surface area contributed by atoms with Gasteiger partial charge in [-0.25, -0.2) is 13.2 Å². The Balaban J connectivity index is 1.92. The number of alkyl halides is 1. The van der Waals surface area contributed by atoms with Crippen molar-refractivity contribution in [2.24, 2.45) is 0 Å². The molecule has 0 amide bonds. The van der Waals surface area contributed by atoms with Gasteiger partial charge in [-0.15, -0.1) is 0 Å². The van der Waals surface area contributed by atoms with Crippen molar-refractivity contribution in [3.05, 3.63) is 63.9 Å². The first-order valence-corrected chi connectivity index (χ1v) is 7.52. The van der Waals surface area contributed by atoms with E-state index < -0.39 is 29.7 Å². The Morgan fingerprint density at radius 3 is 2.39 bits per heavy atom. The lowest BCUT2D eigenvalue weighted by Crippen LogP contribution is -2.17. The number of hydrogen-bond donors (Lipinski definition) is 1. The first kappa shape index (κ1) is 17.7. The Hall–Kier alpha value is -1.60. The van der Waals surface area contributed by atoms with Crippen LogP contribution in [0.2, 0.25) is 0 Å². The van der Waals surface area contributed by atoms with Crippen LogP contribution in [0.3, 0.4) is 0 Å². The fraction of sp³-hybridized carbons (Fsp3) is 0.250. The molecule has 2 aromatic carbocycles. The highest BCUT2D eigenvalue weighted by Crippen LogP contribution is 2.26. The summed E-state index contributed by atoms with van der Waals surface area (Å²) < 4.78 is 58.7. The van der Waals surface area contributed by atoms with Gasteiger partial charge in [-0.3, -0.25) is 0 Å². The zero-order valence-corrected chi connectivity index (χ0v) is 13.4. The van der Waals surface area contributed by atoms with Crippen LogP contribution >= 0.6 is 15.9 Å². The van der Waals surface area contributed by atoms with E-state index in [2.05, 4.69) is 15.9 Å². The van der Waals surface area contributed by atoms with Crippen molar-refractivity contribution in [2.45, 2.75) is 18.7 Å². The minimum absolute atomic E-state index is 0.221. The van der Waals surface area contributed by atoms with Gasteiger partial charge in [0.25, 0.3) is 0 Å². The van der Waals surface area contributed by atoms with E-state index in [0.29, 0.717) is 0 Å². The third-order valence-electron chi connectivity index (χ3n) is 3.16. The maximum atomic E-state index is 13.9. The second kappa shape index (κ2) is 7.79. The summed E-state index contributed by atoms with van der Waals surface area (Å²) in [5.41, 5.74) is 0.221. The number of rotatable bonds is 6. The van der Waals surface area contributed by atoms with Gasteiger partial charge in [0.15, 0.2) is 11.6 Å². The summed E-state index contributed by atoms with van der Waals surface area (Å²) in [6.07, 6.45) is -3.39. The van der Waals surface area contributed by atoms with Gasteiger partial charge in [0.1, 0.15) is 18.1 Å². The van der Waals surface area contributed by atoms with Crippen LogP contribution < -0.4 is 4.74 Å². The summed E-state index contributed by atoms with van der Waals surface area (Å²) in [6.45, 7) is -0.258. The average Bonchev–Trinajstić information content (AvgIpc) is 2.51. The first-order chi connectivity index (χ1) is 10.9. The second-order valence-corrected chi connectivity index (χ2v) is 5.76. The molecular formula is C16H13BrF4O2. The molecule has 0 aliphatic heterocycles. The lowest BCUT2D eigenvalue weighted by atomic mass is 10.0. The molecule has 1 N–H and O–H groups in total. The largest absolute Gasteiger partial charge is 0.490 e. The molecule has 0 saturated heterocycles. The van der Waals surface area contributed by atoms with E-state index >= 15 is 0 Å². The Labute approximate surface area is 138 Å². The molecule has 2 unspecified atom stereocenters. The topological polar surface area (TPSA) is 29.5 Å². The number of aliphatic hydroxyl groups excluding tert-OH is 1. The van der Waals surface area contributed by atoms with Crippen molar-refractivity contribution >= 4 is 15.9 Å². The summed E-state index contributed by atoms with van der Waals surface area (Å²) in [6, 6.07) is 6.94. The summed E-state index contributed by atoms with van der Waals surface area (Å²) in [4.78, 5) is 0. The molecule has 2 nitrogen and oxygen atoms in total. The van der Waals surface area contributed by atoms with Crippen molar-refractivity contribution < 1.29 is 27.4 Å². The van der Waals surface area contributed by atoms with Crippen LogP contribution in [0.15, 0.2) is 40.9 Å². The third-order valence-corrected chi connectivity index (χ3v) is 3.62. The Morgan fingerprint density at radius 1 is 1.09 bits per heavy atom. The molecule has 0 radical (unpaired) electrons. The highest BCUT2D eigenvalue weighted by Gasteiger charge is 2.21. The van der Waals surface area contributed by atoms with Crippen LogP contribution in [0.1, 0.15) is 18.1 Å². The van der Waals surface area contributed by atoms with E-state index in [0.717, 1.165) is 18.2 Å². The molecular weight excluding hydrogens is 380 g/mol. The van der Waals surface area contributed by atoms with Crippen molar-refractivity contribution in [3.8, 4) is 5.75 Å². The SMILES string of the molecule is OC(c1ccc(F)cc1)C(F)CCOc1cc(Br)cc(F)c1F. The Morgan fingerprint density at radius 2 is 1.74 bits per heavy atom. The predicted octanol–water partition coefficient (Wildman–Crippen LogP) is 4.71. The van der Waals surface area contributed by atoms with Gasteiger partial charge < -0.3 is 9.84 Å². The molecule has 0 aliphatic rings. The van der Waals surface area contributed by atoms with E-state index in [4.69, 9.17) is 4.74 Å². The first-order valence-electron chi connectivity index (χ1n) is 6.73. The number of hydrogen-bond acceptors (Lipinski definition) is 2. The quantitative estimate of drug-likeness (QED) is 0.569. The molecule has 0 spiro atoms. The number of aliphatic hydroxyl groups is 1. The van der Waals surface area contributed by atoms with E-state index in [1.165, 1.54) is 18.2 Å². The van der Waals surface area contributed by atoms with Gasteiger partial charge in [0, 0.05) is 10.9 Å². The fourth-order valence-electron chi connectivity index (χ4n) is 1.95. The van der Waals surface area contributed by atoms with Gasteiger partial charge in [-0.2, -0.15) is 4.39 Å². The maximum absolute atomic E-state index is 13.9. The summed E-state index contributed by atoms with van der Waals surface area (Å²) >= 11 is 3.00. The number of benzene rings is 2. The summed E-state index contributed by atoms with van der Waals surface area (Å²) in [5.74, 6) is -3.09. The van der Waals surface area contributed by atoms with Gasteiger partial charge in [0.2, 0.25) is 5.82 Å². The fourth-order valence-corrected chi connectivity index (χ4v) is 2.35. The van der Waals surface area contributed by atoms with Gasteiger partial charge in [0.05, 0.1) is 6.61 Å². The molecule has 23 heavy (non-hydrogen) atoms. The lowest BCUT2D eigenvalue weighted by molar-refractivity contribution is 0.0627. The maximum Gasteiger partial charge on any atom is 0.200 e. The summed E-state index contributed by atoms with van der Waals surface area (Å²) in [7, 11) is 0. The van der Waals surface area contributed by atoms with E-state index in [1.54, 1.807) is 0 Å². The molecule has 7 heteroatoms.